The molecule has 0 aliphatic rings. The summed E-state index contributed by atoms with van der Waals surface area (Å²) in [6, 6.07) is 10.9. The molecule has 1 heterocycles. The first-order valence-corrected chi connectivity index (χ1v) is 5.53. The number of carbonyl (C=O) groups is 1. The molecule has 0 saturated heterocycles. The highest BCUT2D eigenvalue weighted by molar-refractivity contribution is 5.87. The van der Waals surface area contributed by atoms with Crippen molar-refractivity contribution < 1.29 is 14.6 Å². The third-order valence-corrected chi connectivity index (χ3v) is 2.48. The summed E-state index contributed by atoms with van der Waals surface area (Å²) in [5.41, 5.74) is 2.04. The molecular formula is C14H13NO3. The molecule has 0 amide bonds. The van der Waals surface area contributed by atoms with E-state index in [1.807, 2.05) is 31.2 Å². The Morgan fingerprint density at radius 3 is 2.50 bits per heavy atom. The number of benzene rings is 1. The zero-order chi connectivity index (χ0) is 13.0. The number of rotatable bonds is 4. The van der Waals surface area contributed by atoms with Gasteiger partial charge >= 0.3 is 5.97 Å². The number of ether oxygens (including phenoxy) is 1. The van der Waals surface area contributed by atoms with Gasteiger partial charge in [0.15, 0.2) is 0 Å². The number of nitrogens with zero attached hydrogens (tertiary/aromatic N) is 1. The minimum absolute atomic E-state index is 0.175. The molecule has 4 heteroatoms. The lowest BCUT2D eigenvalue weighted by molar-refractivity contribution is 0.0696. The second kappa shape index (κ2) is 5.31. The summed E-state index contributed by atoms with van der Waals surface area (Å²) in [4.78, 5) is 14.7. The van der Waals surface area contributed by atoms with Crippen molar-refractivity contribution in [2.24, 2.45) is 0 Å². The lowest BCUT2D eigenvalue weighted by atomic mass is 10.2. The first-order chi connectivity index (χ1) is 8.65. The standard InChI is InChI=1S/C14H13NO3/c1-10-2-6-13(7-3-10)18-9-12-5-4-11(8-15-12)14(16)17/h2-8H,9H2,1H3,(H,16,17). The van der Waals surface area contributed by atoms with Crippen molar-refractivity contribution in [1.29, 1.82) is 0 Å². The third-order valence-electron chi connectivity index (χ3n) is 2.48. The minimum Gasteiger partial charge on any atom is -0.487 e. The lowest BCUT2D eigenvalue weighted by Gasteiger charge is -2.06. The van der Waals surface area contributed by atoms with Crippen molar-refractivity contribution in [3.05, 3.63) is 59.4 Å². The summed E-state index contributed by atoms with van der Waals surface area (Å²) in [5, 5.41) is 8.74. The topological polar surface area (TPSA) is 59.4 Å². The van der Waals surface area contributed by atoms with E-state index < -0.39 is 5.97 Å². The van der Waals surface area contributed by atoms with E-state index in [4.69, 9.17) is 9.84 Å². The van der Waals surface area contributed by atoms with Gasteiger partial charge in [-0.25, -0.2) is 4.79 Å². The first-order valence-electron chi connectivity index (χ1n) is 5.53. The van der Waals surface area contributed by atoms with Gasteiger partial charge in [-0.3, -0.25) is 4.98 Å². The number of aryl methyl sites for hydroxylation is 1. The van der Waals surface area contributed by atoms with E-state index in [9.17, 15) is 4.79 Å². The summed E-state index contributed by atoms with van der Waals surface area (Å²) in [5.74, 6) is -0.210. The highest BCUT2D eigenvalue weighted by atomic mass is 16.5. The quantitative estimate of drug-likeness (QED) is 0.896. The second-order valence-electron chi connectivity index (χ2n) is 3.95. The SMILES string of the molecule is Cc1ccc(OCc2ccc(C(=O)O)cn2)cc1. The van der Waals surface area contributed by atoms with E-state index in [0.29, 0.717) is 12.3 Å². The van der Waals surface area contributed by atoms with Gasteiger partial charge in [0.25, 0.3) is 0 Å². The van der Waals surface area contributed by atoms with Crippen LogP contribution in [-0.4, -0.2) is 16.1 Å². The first kappa shape index (κ1) is 12.1. The molecule has 0 atom stereocenters. The number of hydrogen-bond acceptors (Lipinski definition) is 3. The number of aromatic carboxylic acids is 1. The lowest BCUT2D eigenvalue weighted by Crippen LogP contribution is -2.01. The summed E-state index contributed by atoms with van der Waals surface area (Å²) < 4.78 is 5.54. The number of aromatic nitrogens is 1. The average molecular weight is 243 g/mol. The fourth-order valence-corrected chi connectivity index (χ4v) is 1.43. The van der Waals surface area contributed by atoms with Crippen LogP contribution in [0.25, 0.3) is 0 Å². The number of pyridine rings is 1. The van der Waals surface area contributed by atoms with Crippen LogP contribution >= 0.6 is 0 Å². The van der Waals surface area contributed by atoms with Crippen LogP contribution in [0.5, 0.6) is 5.75 Å². The van der Waals surface area contributed by atoms with Crippen molar-refractivity contribution in [3.63, 3.8) is 0 Å². The van der Waals surface area contributed by atoms with E-state index in [2.05, 4.69) is 4.98 Å². The Morgan fingerprint density at radius 2 is 1.94 bits per heavy atom. The molecule has 4 nitrogen and oxygen atoms in total. The minimum atomic E-state index is -0.978. The number of hydrogen-bond donors (Lipinski definition) is 1. The van der Waals surface area contributed by atoms with Crippen LogP contribution in [0.1, 0.15) is 21.6 Å². The van der Waals surface area contributed by atoms with Gasteiger partial charge in [0.2, 0.25) is 0 Å². The van der Waals surface area contributed by atoms with E-state index >= 15 is 0 Å². The van der Waals surface area contributed by atoms with Gasteiger partial charge in [-0.1, -0.05) is 17.7 Å². The fraction of sp³-hybridized carbons (Fsp3) is 0.143. The fourth-order valence-electron chi connectivity index (χ4n) is 1.43. The Morgan fingerprint density at radius 1 is 1.22 bits per heavy atom. The van der Waals surface area contributed by atoms with Crippen molar-refractivity contribution in [3.8, 4) is 5.75 Å². The molecule has 2 rings (SSSR count). The summed E-state index contributed by atoms with van der Waals surface area (Å²) in [6.07, 6.45) is 1.33. The second-order valence-corrected chi connectivity index (χ2v) is 3.95. The molecule has 2 aromatic rings. The van der Waals surface area contributed by atoms with E-state index in [-0.39, 0.29) is 5.56 Å². The van der Waals surface area contributed by atoms with Crippen molar-refractivity contribution in [2.75, 3.05) is 0 Å². The maximum atomic E-state index is 10.7. The monoisotopic (exact) mass is 243 g/mol. The number of carboxylic acid groups (broad SMARTS) is 1. The normalized spacial score (nSPS) is 10.1. The number of carboxylic acids is 1. The Labute approximate surface area is 105 Å². The predicted molar refractivity (Wildman–Crippen MR) is 66.7 cm³/mol. The Balaban J connectivity index is 1.97. The van der Waals surface area contributed by atoms with Crippen LogP contribution in [0, 0.1) is 6.92 Å². The molecule has 0 spiro atoms. The molecule has 18 heavy (non-hydrogen) atoms. The van der Waals surface area contributed by atoms with Gasteiger partial charge in [-0.15, -0.1) is 0 Å². The molecule has 1 aromatic heterocycles. The molecule has 0 radical (unpaired) electrons. The van der Waals surface area contributed by atoms with Gasteiger partial charge in [-0.05, 0) is 31.2 Å². The highest BCUT2D eigenvalue weighted by Gasteiger charge is 2.03. The summed E-state index contributed by atoms with van der Waals surface area (Å²) in [7, 11) is 0. The van der Waals surface area contributed by atoms with Crippen molar-refractivity contribution >= 4 is 5.97 Å². The van der Waals surface area contributed by atoms with Gasteiger partial charge in [0, 0.05) is 6.20 Å². The Hall–Kier alpha value is -2.36. The molecule has 0 bridgehead atoms. The molecule has 1 aromatic carbocycles. The van der Waals surface area contributed by atoms with Crippen LogP contribution in [0.4, 0.5) is 0 Å². The maximum absolute atomic E-state index is 10.7. The maximum Gasteiger partial charge on any atom is 0.337 e. The van der Waals surface area contributed by atoms with Crippen LogP contribution < -0.4 is 4.74 Å². The molecule has 0 fully saturated rings. The van der Waals surface area contributed by atoms with Gasteiger partial charge in [-0.2, -0.15) is 0 Å². The average Bonchev–Trinajstić information content (AvgIpc) is 2.38. The van der Waals surface area contributed by atoms with Crippen LogP contribution in [0.15, 0.2) is 42.6 Å². The van der Waals surface area contributed by atoms with E-state index in [1.165, 1.54) is 17.8 Å². The van der Waals surface area contributed by atoms with E-state index in [1.54, 1.807) is 6.07 Å². The van der Waals surface area contributed by atoms with Crippen molar-refractivity contribution in [1.82, 2.24) is 4.98 Å². The van der Waals surface area contributed by atoms with Gasteiger partial charge in [0.1, 0.15) is 12.4 Å². The van der Waals surface area contributed by atoms with Crippen molar-refractivity contribution in [2.45, 2.75) is 13.5 Å². The predicted octanol–water partition coefficient (Wildman–Crippen LogP) is 2.67. The van der Waals surface area contributed by atoms with Crippen LogP contribution in [0.3, 0.4) is 0 Å². The van der Waals surface area contributed by atoms with Gasteiger partial charge < -0.3 is 9.84 Å². The zero-order valence-corrected chi connectivity index (χ0v) is 9.96. The third kappa shape index (κ3) is 3.07. The molecule has 0 unspecified atom stereocenters. The van der Waals surface area contributed by atoms with Gasteiger partial charge in [0.05, 0.1) is 11.3 Å². The molecule has 92 valence electrons. The highest BCUT2D eigenvalue weighted by Crippen LogP contribution is 2.13. The molecular weight excluding hydrogens is 230 g/mol. The molecule has 0 aliphatic carbocycles. The van der Waals surface area contributed by atoms with Crippen LogP contribution in [0.2, 0.25) is 0 Å². The smallest absolute Gasteiger partial charge is 0.337 e. The molecule has 0 aliphatic heterocycles. The van der Waals surface area contributed by atoms with Crippen LogP contribution in [-0.2, 0) is 6.61 Å². The summed E-state index contributed by atoms with van der Waals surface area (Å²) >= 11 is 0. The summed E-state index contributed by atoms with van der Waals surface area (Å²) in [6.45, 7) is 2.33. The Bertz CT molecular complexity index is 532. The molecule has 0 saturated carbocycles. The molecule has 1 N–H and O–H groups in total. The Kier molecular flexibility index (Phi) is 3.57. The zero-order valence-electron chi connectivity index (χ0n) is 9.96. The largest absolute Gasteiger partial charge is 0.487 e. The van der Waals surface area contributed by atoms with E-state index in [0.717, 1.165) is 5.75 Å².